The molecule has 0 bridgehead atoms. The molecule has 0 aliphatic carbocycles. The highest BCUT2D eigenvalue weighted by molar-refractivity contribution is 6.06. The fourth-order valence-corrected chi connectivity index (χ4v) is 2.90. The van der Waals surface area contributed by atoms with Gasteiger partial charge in [0, 0.05) is 5.39 Å². The minimum absolute atomic E-state index is 0.947. The summed E-state index contributed by atoms with van der Waals surface area (Å²) >= 11 is 0. The summed E-state index contributed by atoms with van der Waals surface area (Å²) in [5, 5.41) is 3.68. The molecule has 0 unspecified atom stereocenters. The highest BCUT2D eigenvalue weighted by atomic mass is 16.3. The molecule has 1 aromatic heterocycles. The Morgan fingerprint density at radius 1 is 0.762 bits per heavy atom. The van der Waals surface area contributed by atoms with Crippen LogP contribution >= 0.6 is 0 Å². The quantitative estimate of drug-likeness (QED) is 0.448. The van der Waals surface area contributed by atoms with Crippen molar-refractivity contribution < 1.29 is 4.42 Å². The van der Waals surface area contributed by atoms with Crippen molar-refractivity contribution in [3.8, 4) is 11.1 Å². The lowest BCUT2D eigenvalue weighted by atomic mass is 9.98. The molecule has 0 saturated heterocycles. The summed E-state index contributed by atoms with van der Waals surface area (Å²) in [7, 11) is 0. The Balaban J connectivity index is 1.87. The number of furan rings is 1. The molecule has 0 saturated carbocycles. The third-order valence-electron chi connectivity index (χ3n) is 4.15. The zero-order chi connectivity index (χ0) is 14.2. The van der Waals surface area contributed by atoms with Crippen molar-refractivity contribution >= 4 is 21.7 Å². The molecule has 0 fully saturated rings. The molecular formula is C20H16O. The van der Waals surface area contributed by atoms with E-state index in [1.165, 1.54) is 32.8 Å². The Kier molecular flexibility index (Phi) is 2.78. The average Bonchev–Trinajstić information content (AvgIpc) is 3.03. The monoisotopic (exact) mass is 272 g/mol. The summed E-state index contributed by atoms with van der Waals surface area (Å²) in [5.74, 6) is 0. The smallest absolute Gasteiger partial charge is 0.134 e. The summed E-state index contributed by atoms with van der Waals surface area (Å²) in [6, 6.07) is 21.7. The third-order valence-corrected chi connectivity index (χ3v) is 4.15. The molecule has 0 amide bonds. The van der Waals surface area contributed by atoms with Gasteiger partial charge in [0.25, 0.3) is 0 Å². The first kappa shape index (κ1) is 12.2. The van der Waals surface area contributed by atoms with Gasteiger partial charge in [-0.1, -0.05) is 49.4 Å². The van der Waals surface area contributed by atoms with E-state index in [0.29, 0.717) is 0 Å². The van der Waals surface area contributed by atoms with Crippen molar-refractivity contribution in [2.75, 3.05) is 0 Å². The van der Waals surface area contributed by atoms with Gasteiger partial charge in [0.15, 0.2) is 0 Å². The van der Waals surface area contributed by atoms with E-state index in [4.69, 9.17) is 4.42 Å². The van der Waals surface area contributed by atoms with Gasteiger partial charge in [-0.15, -0.1) is 0 Å². The first-order valence-electron chi connectivity index (χ1n) is 7.34. The molecule has 1 heteroatoms. The molecule has 0 spiro atoms. The van der Waals surface area contributed by atoms with Gasteiger partial charge in [-0.25, -0.2) is 0 Å². The lowest BCUT2D eigenvalue weighted by Gasteiger charge is -2.06. The summed E-state index contributed by atoms with van der Waals surface area (Å²) in [6.07, 6.45) is 2.83. The van der Waals surface area contributed by atoms with Crippen LogP contribution in [0.2, 0.25) is 0 Å². The predicted molar refractivity (Wildman–Crippen MR) is 88.5 cm³/mol. The van der Waals surface area contributed by atoms with Gasteiger partial charge < -0.3 is 4.42 Å². The summed E-state index contributed by atoms with van der Waals surface area (Å²) in [5.41, 5.74) is 4.84. The summed E-state index contributed by atoms with van der Waals surface area (Å²) in [4.78, 5) is 0. The van der Waals surface area contributed by atoms with Crippen molar-refractivity contribution in [1.82, 2.24) is 0 Å². The summed E-state index contributed by atoms with van der Waals surface area (Å²) in [6.45, 7) is 2.18. The molecule has 4 rings (SSSR count). The van der Waals surface area contributed by atoms with Crippen molar-refractivity contribution in [2.24, 2.45) is 0 Å². The number of fused-ring (bicyclic) bond motifs is 3. The molecule has 0 N–H and O–H groups in total. The maximum Gasteiger partial charge on any atom is 0.134 e. The first-order valence-corrected chi connectivity index (χ1v) is 7.34. The second kappa shape index (κ2) is 4.78. The Hall–Kier alpha value is -2.54. The van der Waals surface area contributed by atoms with Crippen LogP contribution in [0, 0.1) is 0 Å². The average molecular weight is 272 g/mol. The van der Waals surface area contributed by atoms with E-state index < -0.39 is 0 Å². The lowest BCUT2D eigenvalue weighted by molar-refractivity contribution is 0.616. The van der Waals surface area contributed by atoms with Crippen LogP contribution in [0.4, 0.5) is 0 Å². The van der Waals surface area contributed by atoms with Gasteiger partial charge in [-0.2, -0.15) is 0 Å². The Morgan fingerprint density at radius 2 is 1.57 bits per heavy atom. The third kappa shape index (κ3) is 2.02. The van der Waals surface area contributed by atoms with Gasteiger partial charge in [0.1, 0.15) is 5.58 Å². The van der Waals surface area contributed by atoms with Gasteiger partial charge >= 0.3 is 0 Å². The molecular weight excluding hydrogens is 256 g/mol. The van der Waals surface area contributed by atoms with Crippen LogP contribution in [0.15, 0.2) is 71.3 Å². The van der Waals surface area contributed by atoms with Crippen LogP contribution in [-0.4, -0.2) is 0 Å². The van der Waals surface area contributed by atoms with E-state index in [0.717, 1.165) is 12.0 Å². The molecule has 0 atom stereocenters. The van der Waals surface area contributed by atoms with E-state index in [2.05, 4.69) is 55.5 Å². The molecule has 0 radical (unpaired) electrons. The Labute approximate surface area is 123 Å². The van der Waals surface area contributed by atoms with Crippen molar-refractivity contribution in [3.05, 3.63) is 72.5 Å². The van der Waals surface area contributed by atoms with Gasteiger partial charge in [-0.3, -0.25) is 0 Å². The van der Waals surface area contributed by atoms with Crippen LogP contribution in [0.3, 0.4) is 0 Å². The maximum absolute atomic E-state index is 5.47. The SMILES string of the molecule is CCc1ccc(-c2ccc3c(ccc4occc43)c2)cc1. The van der Waals surface area contributed by atoms with Crippen LogP contribution in [0.5, 0.6) is 0 Å². The van der Waals surface area contributed by atoms with E-state index in [-0.39, 0.29) is 0 Å². The van der Waals surface area contributed by atoms with Crippen molar-refractivity contribution in [2.45, 2.75) is 13.3 Å². The summed E-state index contributed by atoms with van der Waals surface area (Å²) < 4.78 is 5.47. The van der Waals surface area contributed by atoms with Crippen LogP contribution in [0.1, 0.15) is 12.5 Å². The van der Waals surface area contributed by atoms with Crippen LogP contribution in [0.25, 0.3) is 32.9 Å². The Bertz CT molecular complexity index is 914. The molecule has 21 heavy (non-hydrogen) atoms. The second-order valence-electron chi connectivity index (χ2n) is 5.38. The predicted octanol–water partition coefficient (Wildman–Crippen LogP) is 5.82. The van der Waals surface area contributed by atoms with E-state index in [1.807, 2.05) is 12.1 Å². The zero-order valence-electron chi connectivity index (χ0n) is 12.0. The number of hydrogen-bond acceptors (Lipinski definition) is 1. The minimum Gasteiger partial charge on any atom is -0.464 e. The maximum atomic E-state index is 5.47. The molecule has 0 aliphatic heterocycles. The van der Waals surface area contributed by atoms with Crippen molar-refractivity contribution in [1.29, 1.82) is 0 Å². The zero-order valence-corrected chi connectivity index (χ0v) is 12.0. The number of rotatable bonds is 2. The highest BCUT2D eigenvalue weighted by Gasteiger charge is 2.05. The number of benzene rings is 3. The van der Waals surface area contributed by atoms with Gasteiger partial charge in [0.2, 0.25) is 0 Å². The van der Waals surface area contributed by atoms with Crippen LogP contribution in [-0.2, 0) is 6.42 Å². The van der Waals surface area contributed by atoms with E-state index >= 15 is 0 Å². The Morgan fingerprint density at radius 3 is 2.38 bits per heavy atom. The second-order valence-corrected chi connectivity index (χ2v) is 5.38. The molecule has 102 valence electrons. The first-order chi connectivity index (χ1) is 10.3. The molecule has 3 aromatic carbocycles. The van der Waals surface area contributed by atoms with Crippen molar-refractivity contribution in [3.63, 3.8) is 0 Å². The fourth-order valence-electron chi connectivity index (χ4n) is 2.90. The number of hydrogen-bond donors (Lipinski definition) is 0. The highest BCUT2D eigenvalue weighted by Crippen LogP contribution is 2.30. The van der Waals surface area contributed by atoms with Gasteiger partial charge in [0.05, 0.1) is 6.26 Å². The molecule has 0 aliphatic rings. The number of aryl methyl sites for hydroxylation is 1. The topological polar surface area (TPSA) is 13.1 Å². The molecule has 1 heterocycles. The molecule has 4 aromatic rings. The minimum atomic E-state index is 0.947. The van der Waals surface area contributed by atoms with E-state index in [1.54, 1.807) is 6.26 Å². The lowest BCUT2D eigenvalue weighted by Crippen LogP contribution is -1.82. The normalized spacial score (nSPS) is 11.3. The fraction of sp³-hybridized carbons (Fsp3) is 0.100. The van der Waals surface area contributed by atoms with Gasteiger partial charge in [-0.05, 0) is 52.1 Å². The largest absolute Gasteiger partial charge is 0.464 e. The standard InChI is InChI=1S/C20H16O/c1-2-14-3-5-15(6-4-14)16-7-9-18-17(13-16)8-10-20-19(18)11-12-21-20/h3-13H,2H2,1H3. The molecule has 1 nitrogen and oxygen atoms in total. The van der Waals surface area contributed by atoms with E-state index in [9.17, 15) is 0 Å². The van der Waals surface area contributed by atoms with Crippen LogP contribution < -0.4 is 0 Å².